The molecule has 1 aromatic carbocycles. The number of pyridine rings is 1. The van der Waals surface area contributed by atoms with Crippen molar-refractivity contribution >= 4 is 23.2 Å². The standard InChI is InChI=1S/C22H25Cl2N5/c1-12(2)20(25)14-10-18(29-11-14)21-19(22-27-7-8-28-22)15(5-6-26-21)13-3-4-16(23)17(24)9-13/h3-9,12,14,18,20,29H,10-11,25H2,1-2H3,(H,27,28). The molecule has 29 heavy (non-hydrogen) atoms. The number of H-pyrrole nitrogens is 1. The Labute approximate surface area is 181 Å². The highest BCUT2D eigenvalue weighted by molar-refractivity contribution is 6.42. The van der Waals surface area contributed by atoms with Gasteiger partial charge in [0.05, 0.1) is 21.8 Å². The fourth-order valence-electron chi connectivity index (χ4n) is 4.11. The summed E-state index contributed by atoms with van der Waals surface area (Å²) in [5.41, 5.74) is 10.4. The van der Waals surface area contributed by atoms with Gasteiger partial charge in [0.2, 0.25) is 0 Å². The number of nitrogens with zero attached hydrogens (tertiary/aromatic N) is 2. The lowest BCUT2D eigenvalue weighted by Crippen LogP contribution is -2.36. The van der Waals surface area contributed by atoms with E-state index >= 15 is 0 Å². The van der Waals surface area contributed by atoms with Crippen molar-refractivity contribution in [1.82, 2.24) is 20.3 Å². The third kappa shape index (κ3) is 4.05. The van der Waals surface area contributed by atoms with Gasteiger partial charge in [0, 0.05) is 36.7 Å². The van der Waals surface area contributed by atoms with Gasteiger partial charge in [-0.25, -0.2) is 4.98 Å². The third-order valence-electron chi connectivity index (χ3n) is 5.76. The summed E-state index contributed by atoms with van der Waals surface area (Å²) >= 11 is 12.4. The Balaban J connectivity index is 1.78. The molecule has 1 aliphatic rings. The van der Waals surface area contributed by atoms with E-state index in [0.29, 0.717) is 21.9 Å². The molecule has 0 radical (unpaired) electrons. The zero-order valence-corrected chi connectivity index (χ0v) is 18.0. The first-order valence-corrected chi connectivity index (χ1v) is 10.6. The number of aromatic nitrogens is 3. The van der Waals surface area contributed by atoms with Gasteiger partial charge in [-0.05, 0) is 47.6 Å². The number of nitrogens with two attached hydrogens (primary N) is 1. The fraction of sp³-hybridized carbons (Fsp3) is 0.364. The molecule has 0 bridgehead atoms. The zero-order chi connectivity index (χ0) is 20.5. The van der Waals surface area contributed by atoms with Gasteiger partial charge in [-0.1, -0.05) is 43.1 Å². The van der Waals surface area contributed by atoms with Gasteiger partial charge in [0.15, 0.2) is 0 Å². The normalized spacial score (nSPS) is 20.3. The quantitative estimate of drug-likeness (QED) is 0.528. The third-order valence-corrected chi connectivity index (χ3v) is 6.49. The van der Waals surface area contributed by atoms with E-state index in [2.05, 4.69) is 29.1 Å². The van der Waals surface area contributed by atoms with Crippen LogP contribution in [0.5, 0.6) is 0 Å². The second-order valence-corrected chi connectivity index (χ2v) is 8.78. The molecule has 0 spiro atoms. The van der Waals surface area contributed by atoms with E-state index in [9.17, 15) is 0 Å². The summed E-state index contributed by atoms with van der Waals surface area (Å²) in [5.74, 6) is 1.65. The molecule has 4 N–H and O–H groups in total. The highest BCUT2D eigenvalue weighted by Crippen LogP contribution is 2.40. The molecule has 4 rings (SSSR count). The Morgan fingerprint density at radius 2 is 1.93 bits per heavy atom. The van der Waals surface area contributed by atoms with E-state index in [-0.39, 0.29) is 12.1 Å². The van der Waals surface area contributed by atoms with E-state index in [1.807, 2.05) is 36.7 Å². The number of aromatic amines is 1. The first-order valence-electron chi connectivity index (χ1n) is 9.88. The van der Waals surface area contributed by atoms with Gasteiger partial charge in [-0.15, -0.1) is 0 Å². The van der Waals surface area contributed by atoms with Crippen LogP contribution < -0.4 is 11.1 Å². The van der Waals surface area contributed by atoms with Crippen molar-refractivity contribution in [3.63, 3.8) is 0 Å². The summed E-state index contributed by atoms with van der Waals surface area (Å²) in [5, 5.41) is 4.69. The van der Waals surface area contributed by atoms with Crippen LogP contribution >= 0.6 is 23.2 Å². The minimum Gasteiger partial charge on any atom is -0.345 e. The highest BCUT2D eigenvalue weighted by atomic mass is 35.5. The Kier molecular flexibility index (Phi) is 5.93. The Hall–Kier alpha value is -1.92. The molecule has 3 heterocycles. The minimum atomic E-state index is 0.118. The maximum absolute atomic E-state index is 6.44. The van der Waals surface area contributed by atoms with Crippen LogP contribution in [0.25, 0.3) is 22.5 Å². The van der Waals surface area contributed by atoms with Crippen LogP contribution in [0.3, 0.4) is 0 Å². The van der Waals surface area contributed by atoms with Crippen molar-refractivity contribution in [2.75, 3.05) is 6.54 Å². The molecule has 1 fully saturated rings. The minimum absolute atomic E-state index is 0.118. The van der Waals surface area contributed by atoms with Crippen molar-refractivity contribution in [3.8, 4) is 22.5 Å². The van der Waals surface area contributed by atoms with Gasteiger partial charge >= 0.3 is 0 Å². The lowest BCUT2D eigenvalue weighted by Gasteiger charge is -2.22. The number of nitrogens with one attached hydrogen (secondary N) is 2. The Morgan fingerprint density at radius 1 is 1.10 bits per heavy atom. The summed E-state index contributed by atoms with van der Waals surface area (Å²) in [6.45, 7) is 5.24. The van der Waals surface area contributed by atoms with Crippen LogP contribution in [0.1, 0.15) is 32.0 Å². The predicted molar refractivity (Wildman–Crippen MR) is 119 cm³/mol. The molecular weight excluding hydrogens is 405 g/mol. The molecule has 0 amide bonds. The zero-order valence-electron chi connectivity index (χ0n) is 16.5. The van der Waals surface area contributed by atoms with E-state index in [4.69, 9.17) is 33.9 Å². The fourth-order valence-corrected chi connectivity index (χ4v) is 4.40. The molecule has 3 unspecified atom stereocenters. The van der Waals surface area contributed by atoms with Gasteiger partial charge in [0.25, 0.3) is 0 Å². The summed E-state index contributed by atoms with van der Waals surface area (Å²) in [6, 6.07) is 7.95. The maximum atomic E-state index is 6.44. The van der Waals surface area contributed by atoms with Gasteiger partial charge in [-0.3, -0.25) is 4.98 Å². The molecule has 5 nitrogen and oxygen atoms in total. The first-order chi connectivity index (χ1) is 14.0. The topological polar surface area (TPSA) is 79.6 Å². The van der Waals surface area contributed by atoms with Crippen LogP contribution in [0.15, 0.2) is 42.9 Å². The van der Waals surface area contributed by atoms with E-state index in [1.54, 1.807) is 6.20 Å². The number of rotatable bonds is 5. The van der Waals surface area contributed by atoms with Gasteiger partial charge in [-0.2, -0.15) is 0 Å². The van der Waals surface area contributed by atoms with Crippen molar-refractivity contribution < 1.29 is 0 Å². The molecule has 3 aromatic rings. The van der Waals surface area contributed by atoms with Gasteiger partial charge in [0.1, 0.15) is 5.82 Å². The van der Waals surface area contributed by atoms with E-state index in [1.165, 1.54) is 0 Å². The SMILES string of the molecule is CC(C)C(N)C1CNC(c2nccc(-c3ccc(Cl)c(Cl)c3)c2-c2ncc[nH]2)C1. The lowest BCUT2D eigenvalue weighted by molar-refractivity contribution is 0.358. The second kappa shape index (κ2) is 8.44. The van der Waals surface area contributed by atoms with Crippen LogP contribution in [0.2, 0.25) is 10.0 Å². The molecule has 1 aliphatic heterocycles. The Bertz CT molecular complexity index is 987. The summed E-state index contributed by atoms with van der Waals surface area (Å²) < 4.78 is 0. The molecule has 3 atom stereocenters. The number of halogens is 2. The predicted octanol–water partition coefficient (Wildman–Crippen LogP) is 5.08. The molecular formula is C22H25Cl2N5. The van der Waals surface area contributed by atoms with Gasteiger partial charge < -0.3 is 16.0 Å². The number of imidazole rings is 1. The summed E-state index contributed by atoms with van der Waals surface area (Å²) in [4.78, 5) is 12.5. The van der Waals surface area contributed by atoms with Crippen molar-refractivity contribution in [1.29, 1.82) is 0 Å². The average molecular weight is 430 g/mol. The van der Waals surface area contributed by atoms with E-state index in [0.717, 1.165) is 41.2 Å². The number of hydrogen-bond donors (Lipinski definition) is 3. The smallest absolute Gasteiger partial charge is 0.139 e. The van der Waals surface area contributed by atoms with Crippen LogP contribution in [-0.2, 0) is 0 Å². The first kappa shape index (κ1) is 20.4. The molecule has 1 saturated heterocycles. The maximum Gasteiger partial charge on any atom is 0.139 e. The molecule has 7 heteroatoms. The number of benzene rings is 1. The second-order valence-electron chi connectivity index (χ2n) is 7.96. The summed E-state index contributed by atoms with van der Waals surface area (Å²) in [6.07, 6.45) is 6.37. The highest BCUT2D eigenvalue weighted by Gasteiger charge is 2.33. The summed E-state index contributed by atoms with van der Waals surface area (Å²) in [7, 11) is 0. The monoisotopic (exact) mass is 429 g/mol. The Morgan fingerprint density at radius 3 is 2.62 bits per heavy atom. The molecule has 2 aromatic heterocycles. The van der Waals surface area contributed by atoms with Crippen molar-refractivity contribution in [2.24, 2.45) is 17.6 Å². The van der Waals surface area contributed by atoms with E-state index < -0.39 is 0 Å². The molecule has 0 saturated carbocycles. The van der Waals surface area contributed by atoms with Crippen molar-refractivity contribution in [2.45, 2.75) is 32.4 Å². The molecule has 152 valence electrons. The van der Waals surface area contributed by atoms with Crippen LogP contribution in [0, 0.1) is 11.8 Å². The lowest BCUT2D eigenvalue weighted by atomic mass is 9.87. The van der Waals surface area contributed by atoms with Crippen molar-refractivity contribution in [3.05, 3.63) is 58.6 Å². The number of hydrogen-bond acceptors (Lipinski definition) is 4. The van der Waals surface area contributed by atoms with Crippen LogP contribution in [0.4, 0.5) is 0 Å². The average Bonchev–Trinajstić information content (AvgIpc) is 3.41. The van der Waals surface area contributed by atoms with Crippen LogP contribution in [-0.4, -0.2) is 27.5 Å². The molecule has 0 aliphatic carbocycles. The largest absolute Gasteiger partial charge is 0.345 e.